The highest BCUT2D eigenvalue weighted by molar-refractivity contribution is 5.85. The van der Waals surface area contributed by atoms with Crippen LogP contribution < -0.4 is 0 Å². The molecule has 4 nitrogen and oxygen atoms in total. The van der Waals surface area contributed by atoms with E-state index in [4.69, 9.17) is 5.11 Å². The van der Waals surface area contributed by atoms with E-state index >= 15 is 0 Å². The molecule has 0 radical (unpaired) electrons. The van der Waals surface area contributed by atoms with Crippen LogP contribution in [0.4, 0.5) is 0 Å². The van der Waals surface area contributed by atoms with Crippen LogP contribution in [0, 0.1) is 0 Å². The molecule has 0 spiro atoms. The third-order valence-electron chi connectivity index (χ3n) is 3.08. The van der Waals surface area contributed by atoms with Gasteiger partial charge in [0.25, 0.3) is 0 Å². The number of aryl methyl sites for hydroxylation is 2. The van der Waals surface area contributed by atoms with Gasteiger partial charge < -0.3 is 5.11 Å². The van der Waals surface area contributed by atoms with Crippen LogP contribution >= 0.6 is 0 Å². The van der Waals surface area contributed by atoms with Crippen molar-refractivity contribution in [3.8, 4) is 0 Å². The minimum atomic E-state index is -0.972. The number of benzene rings is 1. The largest absolute Gasteiger partial charge is 0.476 e. The molecule has 4 heteroatoms. The topological polar surface area (TPSA) is 55.1 Å². The molecule has 0 atom stereocenters. The summed E-state index contributed by atoms with van der Waals surface area (Å²) < 4.78 is 1.81. The molecular formula is C15H18N2O2. The first kappa shape index (κ1) is 13.3. The quantitative estimate of drug-likeness (QED) is 0.897. The van der Waals surface area contributed by atoms with Crippen molar-refractivity contribution in [1.82, 2.24) is 9.78 Å². The standard InChI is InChI=1S/C15H18N2O2/c1-11(2)14-10-13(15(18)19)16-17(14)9-8-12-6-4-3-5-7-12/h3-7,10-11H,8-9H2,1-2H3,(H,18,19). The Morgan fingerprint density at radius 3 is 2.58 bits per heavy atom. The second-order valence-electron chi connectivity index (χ2n) is 4.87. The predicted molar refractivity (Wildman–Crippen MR) is 73.4 cm³/mol. The molecule has 0 aliphatic heterocycles. The van der Waals surface area contributed by atoms with E-state index in [1.165, 1.54) is 5.56 Å². The van der Waals surface area contributed by atoms with Crippen molar-refractivity contribution in [1.29, 1.82) is 0 Å². The Labute approximate surface area is 112 Å². The number of hydrogen-bond acceptors (Lipinski definition) is 2. The summed E-state index contributed by atoms with van der Waals surface area (Å²) >= 11 is 0. The van der Waals surface area contributed by atoms with Crippen LogP contribution in [0.2, 0.25) is 0 Å². The van der Waals surface area contributed by atoms with Crippen molar-refractivity contribution in [3.63, 3.8) is 0 Å². The molecule has 0 unspecified atom stereocenters. The summed E-state index contributed by atoms with van der Waals surface area (Å²) in [6.07, 6.45) is 0.849. The molecule has 0 fully saturated rings. The highest BCUT2D eigenvalue weighted by Crippen LogP contribution is 2.16. The molecule has 100 valence electrons. The number of carboxylic acid groups (broad SMARTS) is 1. The fraction of sp³-hybridized carbons (Fsp3) is 0.333. The van der Waals surface area contributed by atoms with Gasteiger partial charge in [-0.2, -0.15) is 5.10 Å². The first-order valence-electron chi connectivity index (χ1n) is 6.43. The zero-order valence-corrected chi connectivity index (χ0v) is 11.2. The first-order valence-corrected chi connectivity index (χ1v) is 6.43. The fourth-order valence-corrected chi connectivity index (χ4v) is 2.06. The average molecular weight is 258 g/mol. The highest BCUT2D eigenvalue weighted by atomic mass is 16.4. The van der Waals surface area contributed by atoms with Crippen LogP contribution in [0.3, 0.4) is 0 Å². The normalized spacial score (nSPS) is 10.9. The maximum Gasteiger partial charge on any atom is 0.356 e. The van der Waals surface area contributed by atoms with Crippen LogP contribution in [0.5, 0.6) is 0 Å². The van der Waals surface area contributed by atoms with Gasteiger partial charge in [-0.1, -0.05) is 44.2 Å². The molecule has 2 rings (SSSR count). The molecule has 1 heterocycles. The monoisotopic (exact) mass is 258 g/mol. The van der Waals surface area contributed by atoms with Gasteiger partial charge in [0.15, 0.2) is 5.69 Å². The summed E-state index contributed by atoms with van der Waals surface area (Å²) in [6.45, 7) is 4.79. The van der Waals surface area contributed by atoms with Crippen LogP contribution in [0.25, 0.3) is 0 Å². The van der Waals surface area contributed by atoms with Crippen molar-refractivity contribution < 1.29 is 9.90 Å². The maximum absolute atomic E-state index is 11.0. The Kier molecular flexibility index (Phi) is 4.00. The molecule has 2 aromatic rings. The number of nitrogens with zero attached hydrogens (tertiary/aromatic N) is 2. The maximum atomic E-state index is 11.0. The third-order valence-corrected chi connectivity index (χ3v) is 3.08. The van der Waals surface area contributed by atoms with Gasteiger partial charge in [0.2, 0.25) is 0 Å². The summed E-state index contributed by atoms with van der Waals surface area (Å²) in [6, 6.07) is 11.8. The zero-order chi connectivity index (χ0) is 13.8. The first-order chi connectivity index (χ1) is 9.08. The molecular weight excluding hydrogens is 240 g/mol. The summed E-state index contributed by atoms with van der Waals surface area (Å²) in [4.78, 5) is 11.0. The molecule has 1 aromatic heterocycles. The third kappa shape index (κ3) is 3.22. The van der Waals surface area contributed by atoms with Gasteiger partial charge in [-0.25, -0.2) is 4.79 Å². The van der Waals surface area contributed by atoms with E-state index in [9.17, 15) is 4.79 Å². The lowest BCUT2D eigenvalue weighted by atomic mass is 10.1. The Bertz CT molecular complexity index is 559. The van der Waals surface area contributed by atoms with Crippen molar-refractivity contribution in [2.75, 3.05) is 0 Å². The number of rotatable bonds is 5. The number of aromatic carboxylic acids is 1. The van der Waals surface area contributed by atoms with Gasteiger partial charge in [0.1, 0.15) is 0 Å². The lowest BCUT2D eigenvalue weighted by Gasteiger charge is -2.09. The van der Waals surface area contributed by atoms with Crippen molar-refractivity contribution in [2.24, 2.45) is 0 Å². The molecule has 19 heavy (non-hydrogen) atoms. The van der Waals surface area contributed by atoms with E-state index in [1.54, 1.807) is 10.7 Å². The van der Waals surface area contributed by atoms with Crippen molar-refractivity contribution in [2.45, 2.75) is 32.7 Å². The van der Waals surface area contributed by atoms with Gasteiger partial charge in [0, 0.05) is 12.2 Å². The minimum absolute atomic E-state index is 0.122. The van der Waals surface area contributed by atoms with Gasteiger partial charge in [-0.05, 0) is 24.0 Å². The average Bonchev–Trinajstić information content (AvgIpc) is 2.82. The number of carboxylic acids is 1. The van der Waals surface area contributed by atoms with E-state index in [-0.39, 0.29) is 11.6 Å². The van der Waals surface area contributed by atoms with Crippen molar-refractivity contribution in [3.05, 3.63) is 53.3 Å². The van der Waals surface area contributed by atoms with Crippen LogP contribution in [-0.2, 0) is 13.0 Å². The Morgan fingerprint density at radius 2 is 2.00 bits per heavy atom. The number of aromatic nitrogens is 2. The Hall–Kier alpha value is -2.10. The van der Waals surface area contributed by atoms with E-state index in [0.29, 0.717) is 6.54 Å². The Morgan fingerprint density at radius 1 is 1.32 bits per heavy atom. The molecule has 0 aliphatic carbocycles. The molecule has 0 saturated carbocycles. The number of hydrogen-bond donors (Lipinski definition) is 1. The van der Waals surface area contributed by atoms with Gasteiger partial charge in [0.05, 0.1) is 0 Å². The molecule has 0 amide bonds. The molecule has 1 N–H and O–H groups in total. The molecule has 0 saturated heterocycles. The number of carbonyl (C=O) groups is 1. The van der Waals surface area contributed by atoms with E-state index < -0.39 is 5.97 Å². The van der Waals surface area contributed by atoms with Crippen LogP contribution in [-0.4, -0.2) is 20.9 Å². The lowest BCUT2D eigenvalue weighted by Crippen LogP contribution is -2.09. The lowest BCUT2D eigenvalue weighted by molar-refractivity contribution is 0.0689. The van der Waals surface area contributed by atoms with Gasteiger partial charge in [-0.15, -0.1) is 0 Å². The minimum Gasteiger partial charge on any atom is -0.476 e. The smallest absolute Gasteiger partial charge is 0.356 e. The Balaban J connectivity index is 2.17. The van der Waals surface area contributed by atoms with E-state index in [2.05, 4.69) is 17.2 Å². The van der Waals surface area contributed by atoms with E-state index in [0.717, 1.165) is 12.1 Å². The van der Waals surface area contributed by atoms with Crippen LogP contribution in [0.15, 0.2) is 36.4 Å². The van der Waals surface area contributed by atoms with Gasteiger partial charge in [-0.3, -0.25) is 4.68 Å². The summed E-state index contributed by atoms with van der Waals surface area (Å²) in [5.41, 5.74) is 2.31. The van der Waals surface area contributed by atoms with Crippen molar-refractivity contribution >= 4 is 5.97 Å². The highest BCUT2D eigenvalue weighted by Gasteiger charge is 2.15. The summed E-state index contributed by atoms with van der Waals surface area (Å²) in [7, 11) is 0. The van der Waals surface area contributed by atoms with E-state index in [1.807, 2.05) is 32.0 Å². The SMILES string of the molecule is CC(C)c1cc(C(=O)O)nn1CCc1ccccc1. The summed E-state index contributed by atoms with van der Waals surface area (Å²) in [5, 5.41) is 13.2. The fourth-order valence-electron chi connectivity index (χ4n) is 2.06. The second-order valence-corrected chi connectivity index (χ2v) is 4.87. The van der Waals surface area contributed by atoms with Gasteiger partial charge >= 0.3 is 5.97 Å². The predicted octanol–water partition coefficient (Wildman–Crippen LogP) is 2.95. The molecule has 0 aliphatic rings. The zero-order valence-electron chi connectivity index (χ0n) is 11.2. The molecule has 1 aromatic carbocycles. The van der Waals surface area contributed by atoms with Crippen LogP contribution in [0.1, 0.15) is 41.5 Å². The molecule has 0 bridgehead atoms. The summed E-state index contributed by atoms with van der Waals surface area (Å²) in [5.74, 6) is -0.711. The second kappa shape index (κ2) is 5.69.